The lowest BCUT2D eigenvalue weighted by Gasteiger charge is -2.32. The van der Waals surface area contributed by atoms with Crippen molar-refractivity contribution in [2.75, 3.05) is 33.3 Å². The molecule has 4 nitrogen and oxygen atoms in total. The van der Waals surface area contributed by atoms with Crippen molar-refractivity contribution in [3.63, 3.8) is 0 Å². The Bertz CT molecular complexity index is 406. The molecule has 1 aliphatic rings. The second-order valence-corrected chi connectivity index (χ2v) is 5.30. The van der Waals surface area contributed by atoms with Crippen LogP contribution in [-0.4, -0.2) is 44.1 Å². The highest BCUT2D eigenvalue weighted by Crippen LogP contribution is 2.19. The SMILES string of the molecule is CNCCC(=O)N1CCC(COc2ccccc2)CC1.Cl. The summed E-state index contributed by atoms with van der Waals surface area (Å²) in [7, 11) is 1.88. The van der Waals surface area contributed by atoms with E-state index in [9.17, 15) is 4.79 Å². The molecule has 0 radical (unpaired) electrons. The first-order chi connectivity index (χ1) is 9.79. The highest BCUT2D eigenvalue weighted by Gasteiger charge is 2.22. The maximum atomic E-state index is 11.9. The third kappa shape index (κ3) is 5.94. The fourth-order valence-corrected chi connectivity index (χ4v) is 2.47. The normalized spacial score (nSPS) is 15.4. The molecule has 1 aromatic carbocycles. The molecule has 0 atom stereocenters. The number of ether oxygens (including phenoxy) is 1. The van der Waals surface area contributed by atoms with E-state index in [2.05, 4.69) is 5.32 Å². The van der Waals surface area contributed by atoms with E-state index in [1.807, 2.05) is 42.3 Å². The second kappa shape index (κ2) is 9.64. The first kappa shape index (κ1) is 17.8. The summed E-state index contributed by atoms with van der Waals surface area (Å²) in [5, 5.41) is 3.02. The number of likely N-dealkylation sites (tertiary alicyclic amines) is 1. The van der Waals surface area contributed by atoms with E-state index >= 15 is 0 Å². The summed E-state index contributed by atoms with van der Waals surface area (Å²) in [6.07, 6.45) is 2.68. The minimum absolute atomic E-state index is 0. The molecule has 0 saturated carbocycles. The van der Waals surface area contributed by atoms with Gasteiger partial charge in [-0.25, -0.2) is 0 Å². The smallest absolute Gasteiger partial charge is 0.223 e. The first-order valence-corrected chi connectivity index (χ1v) is 7.40. The van der Waals surface area contributed by atoms with Crippen LogP contribution in [0.5, 0.6) is 5.75 Å². The van der Waals surface area contributed by atoms with Gasteiger partial charge in [-0.3, -0.25) is 4.79 Å². The standard InChI is InChI=1S/C16H24N2O2.ClH/c1-17-10-7-16(19)18-11-8-14(9-12-18)13-20-15-5-3-2-4-6-15;/h2-6,14,17H,7-13H2,1H3;1H. The van der Waals surface area contributed by atoms with Crippen molar-refractivity contribution in [2.45, 2.75) is 19.3 Å². The van der Waals surface area contributed by atoms with Gasteiger partial charge in [0, 0.05) is 26.1 Å². The van der Waals surface area contributed by atoms with Crippen LogP contribution >= 0.6 is 12.4 Å². The average molecular weight is 313 g/mol. The van der Waals surface area contributed by atoms with Gasteiger partial charge in [0.1, 0.15) is 5.75 Å². The van der Waals surface area contributed by atoms with Gasteiger partial charge in [-0.1, -0.05) is 18.2 Å². The predicted molar refractivity (Wildman–Crippen MR) is 87.0 cm³/mol. The number of nitrogens with zero attached hydrogens (tertiary/aromatic N) is 1. The highest BCUT2D eigenvalue weighted by atomic mass is 35.5. The Morgan fingerprint density at radius 3 is 2.57 bits per heavy atom. The van der Waals surface area contributed by atoms with Crippen molar-refractivity contribution < 1.29 is 9.53 Å². The topological polar surface area (TPSA) is 41.6 Å². The number of rotatable bonds is 6. The summed E-state index contributed by atoms with van der Waals surface area (Å²) in [6, 6.07) is 9.92. The predicted octanol–water partition coefficient (Wildman–Crippen LogP) is 2.34. The van der Waals surface area contributed by atoms with E-state index in [1.165, 1.54) is 0 Å². The van der Waals surface area contributed by atoms with Crippen molar-refractivity contribution >= 4 is 18.3 Å². The fraction of sp³-hybridized carbons (Fsp3) is 0.562. The number of hydrogen-bond donors (Lipinski definition) is 1. The molecule has 0 aliphatic carbocycles. The molecule has 1 aliphatic heterocycles. The third-order valence-electron chi connectivity index (χ3n) is 3.79. The number of nitrogens with one attached hydrogen (secondary N) is 1. The van der Waals surface area contributed by atoms with Crippen LogP contribution in [0.4, 0.5) is 0 Å². The van der Waals surface area contributed by atoms with E-state index in [0.717, 1.165) is 44.8 Å². The van der Waals surface area contributed by atoms with Crippen LogP contribution in [0.1, 0.15) is 19.3 Å². The number of para-hydroxylation sites is 1. The molecule has 1 N–H and O–H groups in total. The van der Waals surface area contributed by atoms with Crippen molar-refractivity contribution in [2.24, 2.45) is 5.92 Å². The summed E-state index contributed by atoms with van der Waals surface area (Å²) in [5.41, 5.74) is 0. The summed E-state index contributed by atoms with van der Waals surface area (Å²) in [5.74, 6) is 1.75. The molecule has 118 valence electrons. The van der Waals surface area contributed by atoms with Crippen LogP contribution < -0.4 is 10.1 Å². The minimum Gasteiger partial charge on any atom is -0.493 e. The van der Waals surface area contributed by atoms with Gasteiger partial charge in [-0.05, 0) is 37.9 Å². The number of amides is 1. The van der Waals surface area contributed by atoms with E-state index < -0.39 is 0 Å². The highest BCUT2D eigenvalue weighted by molar-refractivity contribution is 5.85. The van der Waals surface area contributed by atoms with Gasteiger partial charge in [-0.15, -0.1) is 12.4 Å². The van der Waals surface area contributed by atoms with E-state index in [0.29, 0.717) is 12.3 Å². The third-order valence-corrected chi connectivity index (χ3v) is 3.79. The van der Waals surface area contributed by atoms with Crippen molar-refractivity contribution in [1.82, 2.24) is 10.2 Å². The second-order valence-electron chi connectivity index (χ2n) is 5.30. The zero-order chi connectivity index (χ0) is 14.2. The van der Waals surface area contributed by atoms with Crippen molar-refractivity contribution in [1.29, 1.82) is 0 Å². The number of hydrogen-bond acceptors (Lipinski definition) is 3. The number of halogens is 1. The molecule has 5 heteroatoms. The van der Waals surface area contributed by atoms with E-state index in [4.69, 9.17) is 4.74 Å². The maximum absolute atomic E-state index is 11.9. The van der Waals surface area contributed by atoms with E-state index in [1.54, 1.807) is 0 Å². The quantitative estimate of drug-likeness (QED) is 0.876. The maximum Gasteiger partial charge on any atom is 0.223 e. The zero-order valence-electron chi connectivity index (χ0n) is 12.6. The summed E-state index contributed by atoms with van der Waals surface area (Å²) >= 11 is 0. The molecule has 0 unspecified atom stereocenters. The first-order valence-electron chi connectivity index (χ1n) is 7.40. The lowest BCUT2D eigenvalue weighted by Crippen LogP contribution is -2.40. The van der Waals surface area contributed by atoms with Crippen molar-refractivity contribution in [3.8, 4) is 5.75 Å². The fourth-order valence-electron chi connectivity index (χ4n) is 2.47. The van der Waals surface area contributed by atoms with Crippen LogP contribution in [0.15, 0.2) is 30.3 Å². The van der Waals surface area contributed by atoms with Crippen LogP contribution in [0.25, 0.3) is 0 Å². The summed E-state index contributed by atoms with van der Waals surface area (Å²) in [4.78, 5) is 13.9. The lowest BCUT2D eigenvalue weighted by molar-refractivity contribution is -0.132. The average Bonchev–Trinajstić information content (AvgIpc) is 2.52. The Kier molecular flexibility index (Phi) is 8.16. The molecule has 0 aromatic heterocycles. The van der Waals surface area contributed by atoms with Gasteiger partial charge in [0.15, 0.2) is 0 Å². The molecule has 0 spiro atoms. The molecular weight excluding hydrogens is 288 g/mol. The number of piperidine rings is 1. The molecule has 1 amide bonds. The van der Waals surface area contributed by atoms with Gasteiger partial charge in [0.05, 0.1) is 6.61 Å². The molecule has 0 bridgehead atoms. The number of carbonyl (C=O) groups is 1. The van der Waals surface area contributed by atoms with E-state index in [-0.39, 0.29) is 18.3 Å². The van der Waals surface area contributed by atoms with Gasteiger partial charge in [0.25, 0.3) is 0 Å². The van der Waals surface area contributed by atoms with Crippen LogP contribution in [-0.2, 0) is 4.79 Å². The Morgan fingerprint density at radius 2 is 1.95 bits per heavy atom. The molecule has 1 aromatic rings. The Morgan fingerprint density at radius 1 is 1.29 bits per heavy atom. The van der Waals surface area contributed by atoms with Gasteiger partial charge < -0.3 is 15.0 Å². The van der Waals surface area contributed by atoms with Crippen LogP contribution in [0, 0.1) is 5.92 Å². The van der Waals surface area contributed by atoms with Gasteiger partial charge in [0.2, 0.25) is 5.91 Å². The number of carbonyl (C=O) groups excluding carboxylic acids is 1. The van der Waals surface area contributed by atoms with Crippen molar-refractivity contribution in [3.05, 3.63) is 30.3 Å². The molecular formula is C16H25ClN2O2. The summed E-state index contributed by atoms with van der Waals surface area (Å²) < 4.78 is 5.79. The largest absolute Gasteiger partial charge is 0.493 e. The molecule has 1 fully saturated rings. The van der Waals surface area contributed by atoms with Gasteiger partial charge in [-0.2, -0.15) is 0 Å². The Labute approximate surface area is 133 Å². The van der Waals surface area contributed by atoms with Crippen LogP contribution in [0.2, 0.25) is 0 Å². The lowest BCUT2D eigenvalue weighted by atomic mass is 9.97. The summed E-state index contributed by atoms with van der Waals surface area (Å²) in [6.45, 7) is 3.25. The minimum atomic E-state index is 0. The molecule has 1 heterocycles. The number of benzene rings is 1. The molecule has 2 rings (SSSR count). The zero-order valence-corrected chi connectivity index (χ0v) is 13.4. The Hall–Kier alpha value is -1.26. The van der Waals surface area contributed by atoms with Crippen LogP contribution in [0.3, 0.4) is 0 Å². The van der Waals surface area contributed by atoms with Gasteiger partial charge >= 0.3 is 0 Å². The molecule has 1 saturated heterocycles. The monoisotopic (exact) mass is 312 g/mol. The molecule has 21 heavy (non-hydrogen) atoms. The Balaban J connectivity index is 0.00000220.